The zero-order valence-corrected chi connectivity index (χ0v) is 18.9. The minimum atomic E-state index is -4.73. The molecule has 7 N–H and O–H groups in total. The first-order valence-corrected chi connectivity index (χ1v) is 10.9. The molecule has 1 atom stereocenters. The average Bonchev–Trinajstić information content (AvgIpc) is 3.31. The van der Waals surface area contributed by atoms with Gasteiger partial charge < -0.3 is 26.0 Å². The SMILES string of the molecule is CN(C(=O)NC(/C=C(\N)C(F)(F)F)=NC1CCOC1)C1CCN(c2cnc(N)c(C=[NH2+])c2)CC1. The lowest BCUT2D eigenvalue weighted by Gasteiger charge is -2.37. The number of hydrogen-bond acceptors (Lipinski definition) is 7. The fourth-order valence-corrected chi connectivity index (χ4v) is 3.82. The second-order valence-electron chi connectivity index (χ2n) is 8.22. The van der Waals surface area contributed by atoms with Gasteiger partial charge in [0.2, 0.25) is 0 Å². The number of hydrogen-bond donors (Lipinski definition) is 4. The molecule has 3 heterocycles. The van der Waals surface area contributed by atoms with Gasteiger partial charge in [0.15, 0.2) is 6.21 Å². The van der Waals surface area contributed by atoms with E-state index in [2.05, 4.69) is 20.2 Å². The molecule has 0 saturated carbocycles. The maximum Gasteiger partial charge on any atom is 0.430 e. The van der Waals surface area contributed by atoms with Crippen molar-refractivity contribution in [2.24, 2.45) is 10.7 Å². The highest BCUT2D eigenvalue weighted by Crippen LogP contribution is 2.24. The Labute approximate surface area is 195 Å². The number of pyridine rings is 1. The molecule has 0 spiro atoms. The van der Waals surface area contributed by atoms with Crippen molar-refractivity contribution in [3.05, 3.63) is 29.6 Å². The lowest BCUT2D eigenvalue weighted by atomic mass is 10.0. The molecule has 2 amide bonds. The van der Waals surface area contributed by atoms with Crippen molar-refractivity contribution in [3.8, 4) is 0 Å². The van der Waals surface area contributed by atoms with Crippen molar-refractivity contribution in [1.82, 2.24) is 15.2 Å². The van der Waals surface area contributed by atoms with Gasteiger partial charge in [-0.15, -0.1) is 0 Å². The van der Waals surface area contributed by atoms with Crippen LogP contribution in [0.2, 0.25) is 0 Å². The number of alkyl halides is 3. The summed E-state index contributed by atoms with van der Waals surface area (Å²) in [6.07, 6.45) is 0.844. The number of ether oxygens (including phenoxy) is 1. The van der Waals surface area contributed by atoms with Crippen LogP contribution < -0.4 is 27.1 Å². The van der Waals surface area contributed by atoms with Crippen LogP contribution in [0.25, 0.3) is 0 Å². The predicted molar refractivity (Wildman–Crippen MR) is 122 cm³/mol. The number of urea groups is 1. The van der Waals surface area contributed by atoms with Gasteiger partial charge in [0.1, 0.15) is 17.4 Å². The van der Waals surface area contributed by atoms with E-state index in [1.807, 2.05) is 6.07 Å². The molecule has 1 unspecified atom stereocenters. The predicted octanol–water partition coefficient (Wildman–Crippen LogP) is 0.0443. The van der Waals surface area contributed by atoms with E-state index in [0.717, 1.165) is 5.69 Å². The third-order valence-electron chi connectivity index (χ3n) is 5.89. The number of nitrogen functional groups attached to an aromatic ring is 1. The monoisotopic (exact) mass is 483 g/mol. The van der Waals surface area contributed by atoms with Gasteiger partial charge >= 0.3 is 12.2 Å². The van der Waals surface area contributed by atoms with Crippen molar-refractivity contribution >= 4 is 29.6 Å². The summed E-state index contributed by atoms with van der Waals surface area (Å²) in [6, 6.07) is 0.840. The first-order valence-electron chi connectivity index (χ1n) is 10.9. The molecular weight excluding hydrogens is 453 g/mol. The Morgan fingerprint density at radius 2 is 2.09 bits per heavy atom. The third kappa shape index (κ3) is 6.37. The second kappa shape index (κ2) is 10.7. The maximum atomic E-state index is 12.9. The molecule has 0 bridgehead atoms. The van der Waals surface area contributed by atoms with Gasteiger partial charge in [0.25, 0.3) is 0 Å². The van der Waals surface area contributed by atoms with Gasteiger partial charge in [0.05, 0.1) is 30.1 Å². The van der Waals surface area contributed by atoms with Crippen molar-refractivity contribution in [3.63, 3.8) is 0 Å². The number of rotatable bonds is 5. The highest BCUT2D eigenvalue weighted by Gasteiger charge is 2.32. The van der Waals surface area contributed by atoms with Crippen LogP contribution in [0.3, 0.4) is 0 Å². The summed E-state index contributed by atoms with van der Waals surface area (Å²) in [5.74, 6) is 0.109. The quantitative estimate of drug-likeness (QED) is 0.344. The van der Waals surface area contributed by atoms with Crippen molar-refractivity contribution in [2.75, 3.05) is 44.0 Å². The Kier molecular flexibility index (Phi) is 7.97. The van der Waals surface area contributed by atoms with Crippen molar-refractivity contribution in [1.29, 1.82) is 0 Å². The molecule has 10 nitrogen and oxygen atoms in total. The molecule has 2 saturated heterocycles. The summed E-state index contributed by atoms with van der Waals surface area (Å²) < 4.78 is 44.0. The smallest absolute Gasteiger partial charge is 0.395 e. The standard InChI is InChI=1S/C21H29F3N8O2/c1-31(15-2-5-32(6-3-15)16-8-13(10-25)19(27)28-11-16)20(33)30-18(9-17(26)21(22,23)24)29-14-4-7-34-12-14/h8-11,14-15,25H,2-7,12,26H2,1H3,(H2,27,28)(H,29,30,33)/p+1/b17-9-,25-10?. The number of anilines is 2. The molecule has 1 aromatic heterocycles. The van der Waals surface area contributed by atoms with E-state index in [0.29, 0.717) is 56.4 Å². The van der Waals surface area contributed by atoms with Crippen molar-refractivity contribution in [2.45, 2.75) is 37.5 Å². The topological polar surface area (TPSA) is 148 Å². The molecule has 0 aromatic carbocycles. The highest BCUT2D eigenvalue weighted by molar-refractivity contribution is 6.04. The zero-order chi connectivity index (χ0) is 24.9. The van der Waals surface area contributed by atoms with Gasteiger partial charge in [-0.25, -0.2) is 9.78 Å². The highest BCUT2D eigenvalue weighted by atomic mass is 19.4. The molecule has 1 aromatic rings. The number of halogens is 3. The largest absolute Gasteiger partial charge is 0.430 e. The van der Waals surface area contributed by atoms with E-state index >= 15 is 0 Å². The fraction of sp³-hybridized carbons (Fsp3) is 0.524. The number of carbonyl (C=O) groups excluding carboxylic acids is 1. The summed E-state index contributed by atoms with van der Waals surface area (Å²) in [4.78, 5) is 24.8. The van der Waals surface area contributed by atoms with E-state index in [4.69, 9.17) is 21.6 Å². The Hall–Kier alpha value is -3.35. The summed E-state index contributed by atoms with van der Waals surface area (Å²) >= 11 is 0. The van der Waals surface area contributed by atoms with Crippen molar-refractivity contribution < 1.29 is 28.1 Å². The summed E-state index contributed by atoms with van der Waals surface area (Å²) in [5, 5.41) is 8.06. The van der Waals surface area contributed by atoms with Crippen LogP contribution >= 0.6 is 0 Å². The van der Waals surface area contributed by atoms with Crippen LogP contribution in [-0.4, -0.2) is 79.6 Å². The third-order valence-corrected chi connectivity index (χ3v) is 5.89. The van der Waals surface area contributed by atoms with Crippen LogP contribution in [0, 0.1) is 0 Å². The molecule has 3 rings (SSSR count). The van der Waals surface area contributed by atoms with Gasteiger partial charge in [0, 0.05) is 38.9 Å². The summed E-state index contributed by atoms with van der Waals surface area (Å²) in [7, 11) is 1.61. The number of aromatic nitrogens is 1. The number of amides is 2. The molecule has 2 aliphatic heterocycles. The van der Waals surface area contributed by atoms with Gasteiger partial charge in [-0.1, -0.05) is 0 Å². The number of nitrogens with zero attached hydrogens (tertiary/aromatic N) is 4. The number of allylic oxidation sites excluding steroid dienone is 1. The number of aliphatic imine (C=N–C) groups is 1. The minimum absolute atomic E-state index is 0.112. The van der Waals surface area contributed by atoms with E-state index in [9.17, 15) is 18.0 Å². The average molecular weight is 484 g/mol. The normalized spacial score (nSPS) is 20.4. The minimum Gasteiger partial charge on any atom is -0.395 e. The van der Waals surface area contributed by atoms with E-state index in [-0.39, 0.29) is 24.5 Å². The number of carbonyl (C=O) groups is 1. The number of nitrogens with two attached hydrogens (primary N) is 3. The van der Waals surface area contributed by atoms with Gasteiger partial charge in [-0.2, -0.15) is 13.2 Å². The zero-order valence-electron chi connectivity index (χ0n) is 18.9. The van der Waals surface area contributed by atoms with Crippen LogP contribution in [0.1, 0.15) is 24.8 Å². The Balaban J connectivity index is 1.64. The lowest BCUT2D eigenvalue weighted by molar-refractivity contribution is -0.104. The van der Waals surface area contributed by atoms with E-state index < -0.39 is 17.9 Å². The van der Waals surface area contributed by atoms with Crippen LogP contribution in [-0.2, 0) is 4.74 Å². The number of amidine groups is 1. The van der Waals surface area contributed by atoms with E-state index in [1.54, 1.807) is 13.2 Å². The fourth-order valence-electron chi connectivity index (χ4n) is 3.82. The molecule has 34 heavy (non-hydrogen) atoms. The Morgan fingerprint density at radius 1 is 1.38 bits per heavy atom. The van der Waals surface area contributed by atoms with Crippen LogP contribution in [0.4, 0.5) is 29.5 Å². The molecule has 13 heteroatoms. The van der Waals surface area contributed by atoms with E-state index in [1.165, 1.54) is 11.1 Å². The Bertz CT molecular complexity index is 952. The summed E-state index contributed by atoms with van der Waals surface area (Å²) in [6.45, 7) is 2.04. The molecule has 2 fully saturated rings. The van der Waals surface area contributed by atoms with Crippen LogP contribution in [0.5, 0.6) is 0 Å². The summed E-state index contributed by atoms with van der Waals surface area (Å²) in [5.41, 5.74) is 11.1. The Morgan fingerprint density at radius 3 is 2.68 bits per heavy atom. The first-order chi connectivity index (χ1) is 16.1. The van der Waals surface area contributed by atoms with Gasteiger partial charge in [-0.3, -0.25) is 15.7 Å². The second-order valence-corrected chi connectivity index (χ2v) is 8.22. The number of piperidine rings is 1. The molecule has 0 radical (unpaired) electrons. The molecule has 2 aliphatic rings. The van der Waals surface area contributed by atoms with Gasteiger partial charge in [-0.05, 0) is 25.3 Å². The molecule has 186 valence electrons. The first kappa shape index (κ1) is 25.3. The lowest BCUT2D eigenvalue weighted by Crippen LogP contribution is -2.50. The maximum absolute atomic E-state index is 12.9. The van der Waals surface area contributed by atoms with Crippen LogP contribution in [0.15, 0.2) is 29.0 Å². The molecule has 0 aliphatic carbocycles. The molecular formula is C21H30F3N8O2+. The number of nitrogens with one attached hydrogen (secondary N) is 1.